The SMILES string of the molecule is O=C(CCCN1C(=O)c2ccc(Br)cc2C1=O)Nc1ccc2c(c1)OCO2. The van der Waals surface area contributed by atoms with Crippen LogP contribution in [0, 0.1) is 0 Å². The standard InChI is InChI=1S/C19H15BrN2O5/c20-11-3-5-13-14(8-11)19(25)22(18(13)24)7-1-2-17(23)21-12-4-6-15-16(9-12)27-10-26-15/h3-6,8-9H,1-2,7,10H2,(H,21,23). The average Bonchev–Trinajstić information content (AvgIpc) is 3.19. The normalized spacial score (nSPS) is 14.5. The Balaban J connectivity index is 1.32. The van der Waals surface area contributed by atoms with E-state index >= 15 is 0 Å². The molecule has 0 saturated carbocycles. The van der Waals surface area contributed by atoms with Crippen molar-refractivity contribution in [2.24, 2.45) is 0 Å². The Morgan fingerprint density at radius 2 is 1.81 bits per heavy atom. The van der Waals surface area contributed by atoms with E-state index in [2.05, 4.69) is 21.2 Å². The number of nitrogens with zero attached hydrogens (tertiary/aromatic N) is 1. The van der Waals surface area contributed by atoms with Crippen LogP contribution in [0.5, 0.6) is 11.5 Å². The van der Waals surface area contributed by atoms with Crippen LogP contribution in [-0.2, 0) is 4.79 Å². The third kappa shape index (κ3) is 3.40. The van der Waals surface area contributed by atoms with Gasteiger partial charge in [-0.15, -0.1) is 0 Å². The van der Waals surface area contributed by atoms with Gasteiger partial charge in [0.05, 0.1) is 11.1 Å². The molecule has 0 bridgehead atoms. The molecule has 0 spiro atoms. The summed E-state index contributed by atoms with van der Waals surface area (Å²) in [6.07, 6.45) is 0.564. The maximum atomic E-state index is 12.4. The number of hydrogen-bond donors (Lipinski definition) is 1. The quantitative estimate of drug-likeness (QED) is 0.736. The van der Waals surface area contributed by atoms with Crippen molar-refractivity contribution in [1.29, 1.82) is 0 Å². The molecule has 0 radical (unpaired) electrons. The number of hydrogen-bond acceptors (Lipinski definition) is 5. The molecular formula is C19H15BrN2O5. The first-order chi connectivity index (χ1) is 13.0. The smallest absolute Gasteiger partial charge is 0.261 e. The van der Waals surface area contributed by atoms with Crippen LogP contribution in [-0.4, -0.2) is 36.0 Å². The number of ether oxygens (including phenoxy) is 2. The van der Waals surface area contributed by atoms with Gasteiger partial charge in [-0.1, -0.05) is 15.9 Å². The number of carbonyl (C=O) groups is 3. The van der Waals surface area contributed by atoms with Gasteiger partial charge in [0.2, 0.25) is 12.7 Å². The predicted molar refractivity (Wildman–Crippen MR) is 99.9 cm³/mol. The molecule has 0 unspecified atom stereocenters. The van der Waals surface area contributed by atoms with Crippen LogP contribution in [0.25, 0.3) is 0 Å². The highest BCUT2D eigenvalue weighted by molar-refractivity contribution is 9.10. The molecule has 2 aliphatic rings. The van der Waals surface area contributed by atoms with Crippen molar-refractivity contribution in [3.8, 4) is 11.5 Å². The summed E-state index contributed by atoms with van der Waals surface area (Å²) in [4.78, 5) is 38.1. The Labute approximate surface area is 163 Å². The topological polar surface area (TPSA) is 84.9 Å². The molecule has 2 aromatic rings. The molecule has 7 nitrogen and oxygen atoms in total. The Morgan fingerprint density at radius 1 is 1.04 bits per heavy atom. The average molecular weight is 431 g/mol. The zero-order valence-corrected chi connectivity index (χ0v) is 15.7. The van der Waals surface area contributed by atoms with Crippen molar-refractivity contribution in [2.75, 3.05) is 18.7 Å². The zero-order valence-electron chi connectivity index (χ0n) is 14.2. The molecule has 0 atom stereocenters. The Hall–Kier alpha value is -2.87. The lowest BCUT2D eigenvalue weighted by atomic mass is 10.1. The fraction of sp³-hybridized carbons (Fsp3) is 0.211. The van der Waals surface area contributed by atoms with E-state index in [0.717, 1.165) is 4.47 Å². The van der Waals surface area contributed by atoms with Crippen molar-refractivity contribution < 1.29 is 23.9 Å². The molecule has 3 amide bonds. The lowest BCUT2D eigenvalue weighted by Crippen LogP contribution is -2.31. The van der Waals surface area contributed by atoms with E-state index in [4.69, 9.17) is 9.47 Å². The monoisotopic (exact) mass is 430 g/mol. The number of carbonyl (C=O) groups excluding carboxylic acids is 3. The van der Waals surface area contributed by atoms with E-state index in [1.54, 1.807) is 36.4 Å². The maximum absolute atomic E-state index is 12.4. The molecule has 2 aromatic carbocycles. The fourth-order valence-electron chi connectivity index (χ4n) is 3.06. The third-order valence-electron chi connectivity index (χ3n) is 4.37. The van der Waals surface area contributed by atoms with E-state index in [-0.39, 0.29) is 37.5 Å². The largest absolute Gasteiger partial charge is 0.454 e. The maximum Gasteiger partial charge on any atom is 0.261 e. The first-order valence-corrected chi connectivity index (χ1v) is 9.17. The number of fused-ring (bicyclic) bond motifs is 2. The van der Waals surface area contributed by atoms with Gasteiger partial charge in [-0.2, -0.15) is 0 Å². The summed E-state index contributed by atoms with van der Waals surface area (Å²) in [5, 5.41) is 2.77. The molecule has 0 aromatic heterocycles. The second-order valence-electron chi connectivity index (χ2n) is 6.17. The zero-order chi connectivity index (χ0) is 19.0. The number of amides is 3. The third-order valence-corrected chi connectivity index (χ3v) is 4.87. The van der Waals surface area contributed by atoms with Crippen molar-refractivity contribution >= 4 is 39.3 Å². The number of imide groups is 1. The highest BCUT2D eigenvalue weighted by atomic mass is 79.9. The molecule has 2 heterocycles. The second-order valence-corrected chi connectivity index (χ2v) is 7.09. The summed E-state index contributed by atoms with van der Waals surface area (Å²) >= 11 is 3.30. The molecule has 138 valence electrons. The van der Waals surface area contributed by atoms with Gasteiger partial charge in [0.25, 0.3) is 11.8 Å². The molecule has 0 fully saturated rings. The molecule has 27 heavy (non-hydrogen) atoms. The molecule has 0 saturated heterocycles. The summed E-state index contributed by atoms with van der Waals surface area (Å²) in [5.41, 5.74) is 1.39. The summed E-state index contributed by atoms with van der Waals surface area (Å²) in [6.45, 7) is 0.363. The van der Waals surface area contributed by atoms with E-state index in [9.17, 15) is 14.4 Å². The van der Waals surface area contributed by atoms with Crippen LogP contribution in [0.1, 0.15) is 33.6 Å². The van der Waals surface area contributed by atoms with Crippen LogP contribution < -0.4 is 14.8 Å². The van der Waals surface area contributed by atoms with Crippen LogP contribution in [0.15, 0.2) is 40.9 Å². The highest BCUT2D eigenvalue weighted by Crippen LogP contribution is 2.34. The van der Waals surface area contributed by atoms with Gasteiger partial charge < -0.3 is 14.8 Å². The fourth-order valence-corrected chi connectivity index (χ4v) is 3.42. The lowest BCUT2D eigenvalue weighted by Gasteiger charge is -2.13. The summed E-state index contributed by atoms with van der Waals surface area (Å²) in [6, 6.07) is 10.2. The van der Waals surface area contributed by atoms with Crippen LogP contribution in [0.4, 0.5) is 5.69 Å². The highest BCUT2D eigenvalue weighted by Gasteiger charge is 2.35. The van der Waals surface area contributed by atoms with Gasteiger partial charge in [-0.25, -0.2) is 0 Å². The van der Waals surface area contributed by atoms with E-state index < -0.39 is 0 Å². The van der Waals surface area contributed by atoms with Gasteiger partial charge in [0, 0.05) is 29.2 Å². The minimum absolute atomic E-state index is 0.170. The second kappa shape index (κ2) is 7.03. The minimum atomic E-state index is -0.326. The predicted octanol–water partition coefficient (Wildman–Crippen LogP) is 3.19. The number of halogens is 1. The molecular weight excluding hydrogens is 416 g/mol. The minimum Gasteiger partial charge on any atom is -0.454 e. The van der Waals surface area contributed by atoms with E-state index in [0.29, 0.717) is 34.7 Å². The number of benzene rings is 2. The number of nitrogens with one attached hydrogen (secondary N) is 1. The first kappa shape index (κ1) is 17.5. The van der Waals surface area contributed by atoms with Gasteiger partial charge >= 0.3 is 0 Å². The molecule has 0 aliphatic carbocycles. The van der Waals surface area contributed by atoms with Crippen LogP contribution in [0.3, 0.4) is 0 Å². The molecule has 1 N–H and O–H groups in total. The van der Waals surface area contributed by atoms with Crippen molar-refractivity contribution in [3.63, 3.8) is 0 Å². The molecule has 2 aliphatic heterocycles. The Bertz CT molecular complexity index is 959. The van der Waals surface area contributed by atoms with Gasteiger partial charge in [-0.05, 0) is 36.8 Å². The van der Waals surface area contributed by atoms with Crippen molar-refractivity contribution in [3.05, 3.63) is 52.0 Å². The van der Waals surface area contributed by atoms with E-state index in [1.807, 2.05) is 0 Å². The molecule has 4 rings (SSSR count). The Kier molecular flexibility index (Phi) is 4.57. The summed E-state index contributed by atoms with van der Waals surface area (Å²) in [7, 11) is 0. The van der Waals surface area contributed by atoms with Crippen molar-refractivity contribution in [2.45, 2.75) is 12.8 Å². The number of anilines is 1. The van der Waals surface area contributed by atoms with Crippen LogP contribution in [0.2, 0.25) is 0 Å². The number of rotatable bonds is 5. The lowest BCUT2D eigenvalue weighted by molar-refractivity contribution is -0.116. The van der Waals surface area contributed by atoms with Gasteiger partial charge in [0.1, 0.15) is 0 Å². The van der Waals surface area contributed by atoms with Crippen LogP contribution >= 0.6 is 15.9 Å². The summed E-state index contributed by atoms with van der Waals surface area (Å²) in [5.74, 6) is 0.384. The Morgan fingerprint density at radius 3 is 2.67 bits per heavy atom. The van der Waals surface area contributed by atoms with Gasteiger partial charge in [0.15, 0.2) is 11.5 Å². The molecule has 8 heteroatoms. The summed E-state index contributed by atoms with van der Waals surface area (Å²) < 4.78 is 11.2. The van der Waals surface area contributed by atoms with Crippen molar-refractivity contribution in [1.82, 2.24) is 4.90 Å². The van der Waals surface area contributed by atoms with Gasteiger partial charge in [-0.3, -0.25) is 19.3 Å². The van der Waals surface area contributed by atoms with E-state index in [1.165, 1.54) is 4.90 Å². The first-order valence-electron chi connectivity index (χ1n) is 8.38.